The van der Waals surface area contributed by atoms with Gasteiger partial charge in [-0.15, -0.1) is 0 Å². The third kappa shape index (κ3) is 2.87. The number of hydrogen-bond donors (Lipinski definition) is 0. The Morgan fingerprint density at radius 2 is 1.92 bits per heavy atom. The molecule has 1 saturated heterocycles. The van der Waals surface area contributed by atoms with E-state index in [1.54, 1.807) is 0 Å². The van der Waals surface area contributed by atoms with Gasteiger partial charge in [0.25, 0.3) is 0 Å². The molecule has 130 valence electrons. The lowest BCUT2D eigenvalue weighted by Gasteiger charge is -2.27. The molecule has 1 aliphatic heterocycles. The third-order valence-electron chi connectivity index (χ3n) is 4.66. The fourth-order valence-corrected chi connectivity index (χ4v) is 3.31. The highest BCUT2D eigenvalue weighted by Gasteiger charge is 2.20. The zero-order valence-corrected chi connectivity index (χ0v) is 14.9. The lowest BCUT2D eigenvalue weighted by atomic mass is 10.1. The quantitative estimate of drug-likeness (QED) is 0.735. The van der Waals surface area contributed by atoms with Gasteiger partial charge in [-0.25, -0.2) is 9.97 Å². The average Bonchev–Trinajstić information content (AvgIpc) is 2.98. The molecule has 0 aromatic carbocycles. The van der Waals surface area contributed by atoms with Gasteiger partial charge in [0.05, 0.1) is 24.6 Å². The van der Waals surface area contributed by atoms with Crippen LogP contribution in [-0.2, 0) is 4.74 Å². The maximum absolute atomic E-state index is 5.46. The van der Waals surface area contributed by atoms with Crippen molar-refractivity contribution in [3.63, 3.8) is 0 Å². The normalized spacial score (nSPS) is 15.3. The van der Waals surface area contributed by atoms with Crippen molar-refractivity contribution < 1.29 is 4.74 Å². The SMILES string of the molecule is Cc1nc2c(N3CCOCC3)nccn2c1-c1ccc(C(C)C)nc1. The van der Waals surface area contributed by atoms with Gasteiger partial charge in [-0.1, -0.05) is 13.8 Å². The topological polar surface area (TPSA) is 55.5 Å². The number of ether oxygens (including phenoxy) is 1. The Bertz CT molecular complexity index is 879. The van der Waals surface area contributed by atoms with Gasteiger partial charge in [0.15, 0.2) is 11.5 Å². The van der Waals surface area contributed by atoms with E-state index < -0.39 is 0 Å². The molecule has 0 aliphatic carbocycles. The van der Waals surface area contributed by atoms with Crippen LogP contribution in [0.3, 0.4) is 0 Å². The largest absolute Gasteiger partial charge is 0.378 e. The molecule has 3 aromatic heterocycles. The van der Waals surface area contributed by atoms with Crippen LogP contribution in [0, 0.1) is 6.92 Å². The van der Waals surface area contributed by atoms with Crippen LogP contribution in [0.4, 0.5) is 5.82 Å². The maximum atomic E-state index is 5.46. The highest BCUT2D eigenvalue weighted by atomic mass is 16.5. The molecule has 25 heavy (non-hydrogen) atoms. The number of morpholine rings is 1. The van der Waals surface area contributed by atoms with Crippen LogP contribution in [0.25, 0.3) is 16.9 Å². The minimum atomic E-state index is 0.425. The van der Waals surface area contributed by atoms with Gasteiger partial charge in [0.2, 0.25) is 0 Å². The summed E-state index contributed by atoms with van der Waals surface area (Å²) in [5.74, 6) is 1.35. The van der Waals surface area contributed by atoms with E-state index in [1.165, 1.54) is 0 Å². The van der Waals surface area contributed by atoms with Crippen molar-refractivity contribution in [2.45, 2.75) is 26.7 Å². The second-order valence-corrected chi connectivity index (χ2v) is 6.72. The number of imidazole rings is 1. The molecule has 0 radical (unpaired) electrons. The molecular weight excluding hydrogens is 314 g/mol. The van der Waals surface area contributed by atoms with Gasteiger partial charge < -0.3 is 9.64 Å². The summed E-state index contributed by atoms with van der Waals surface area (Å²) >= 11 is 0. The summed E-state index contributed by atoms with van der Waals surface area (Å²) in [6, 6.07) is 4.23. The van der Waals surface area contributed by atoms with E-state index in [0.717, 1.165) is 60.4 Å². The predicted octanol–water partition coefficient (Wildman–Crippen LogP) is 3.06. The minimum Gasteiger partial charge on any atom is -0.378 e. The van der Waals surface area contributed by atoms with Gasteiger partial charge in [-0.3, -0.25) is 9.38 Å². The lowest BCUT2D eigenvalue weighted by Crippen LogP contribution is -2.37. The highest BCUT2D eigenvalue weighted by Crippen LogP contribution is 2.29. The second kappa shape index (κ2) is 6.44. The van der Waals surface area contributed by atoms with Crippen LogP contribution in [0.1, 0.15) is 31.2 Å². The van der Waals surface area contributed by atoms with Crippen LogP contribution in [0.15, 0.2) is 30.7 Å². The molecule has 3 aromatic rings. The van der Waals surface area contributed by atoms with E-state index >= 15 is 0 Å². The average molecular weight is 337 g/mol. The Labute approximate surface area is 147 Å². The smallest absolute Gasteiger partial charge is 0.181 e. The van der Waals surface area contributed by atoms with E-state index in [9.17, 15) is 0 Å². The van der Waals surface area contributed by atoms with E-state index in [2.05, 4.69) is 45.2 Å². The Kier molecular flexibility index (Phi) is 4.13. The number of pyridine rings is 1. The summed E-state index contributed by atoms with van der Waals surface area (Å²) in [6.45, 7) is 9.51. The van der Waals surface area contributed by atoms with Crippen molar-refractivity contribution in [1.29, 1.82) is 0 Å². The summed E-state index contributed by atoms with van der Waals surface area (Å²) in [4.78, 5) is 16.3. The Hall–Kier alpha value is -2.47. The highest BCUT2D eigenvalue weighted by molar-refractivity contribution is 5.73. The molecule has 0 N–H and O–H groups in total. The zero-order valence-electron chi connectivity index (χ0n) is 14.9. The number of nitrogens with zero attached hydrogens (tertiary/aromatic N) is 5. The first-order valence-electron chi connectivity index (χ1n) is 8.78. The van der Waals surface area contributed by atoms with E-state index in [-0.39, 0.29) is 0 Å². The molecule has 6 heteroatoms. The predicted molar refractivity (Wildman–Crippen MR) is 98.1 cm³/mol. The molecule has 0 spiro atoms. The standard InChI is InChI=1S/C19H23N5O/c1-13(2)16-5-4-15(12-21-16)17-14(3)22-19-18(20-6-7-24(17)19)23-8-10-25-11-9-23/h4-7,12-13H,8-11H2,1-3H3. The van der Waals surface area contributed by atoms with Crippen LogP contribution in [0.5, 0.6) is 0 Å². The number of anilines is 1. The fourth-order valence-electron chi connectivity index (χ4n) is 3.31. The maximum Gasteiger partial charge on any atom is 0.181 e. The summed E-state index contributed by atoms with van der Waals surface area (Å²) in [6.07, 6.45) is 5.77. The van der Waals surface area contributed by atoms with Crippen molar-refractivity contribution in [3.8, 4) is 11.3 Å². The molecule has 0 atom stereocenters. The molecule has 1 fully saturated rings. The van der Waals surface area contributed by atoms with E-state index in [4.69, 9.17) is 9.72 Å². The zero-order chi connectivity index (χ0) is 17.4. The summed E-state index contributed by atoms with van der Waals surface area (Å²) in [5, 5.41) is 0. The van der Waals surface area contributed by atoms with Crippen LogP contribution < -0.4 is 4.90 Å². The summed E-state index contributed by atoms with van der Waals surface area (Å²) in [7, 11) is 0. The van der Waals surface area contributed by atoms with Gasteiger partial charge in [-0.05, 0) is 25.0 Å². The van der Waals surface area contributed by atoms with Crippen LogP contribution in [0.2, 0.25) is 0 Å². The van der Waals surface area contributed by atoms with Crippen molar-refractivity contribution in [2.24, 2.45) is 0 Å². The third-order valence-corrected chi connectivity index (χ3v) is 4.66. The van der Waals surface area contributed by atoms with Crippen molar-refractivity contribution in [1.82, 2.24) is 19.4 Å². The summed E-state index contributed by atoms with van der Waals surface area (Å²) < 4.78 is 7.58. The van der Waals surface area contributed by atoms with Crippen molar-refractivity contribution in [2.75, 3.05) is 31.2 Å². The molecule has 0 bridgehead atoms. The van der Waals surface area contributed by atoms with Gasteiger partial charge in [0.1, 0.15) is 0 Å². The van der Waals surface area contributed by atoms with Gasteiger partial charge in [0, 0.05) is 42.9 Å². The molecule has 4 rings (SSSR count). The number of hydrogen-bond acceptors (Lipinski definition) is 5. The molecular formula is C19H23N5O. The van der Waals surface area contributed by atoms with Crippen LogP contribution in [-0.4, -0.2) is 45.7 Å². The Morgan fingerprint density at radius 1 is 1.12 bits per heavy atom. The number of rotatable bonds is 3. The molecule has 4 heterocycles. The van der Waals surface area contributed by atoms with Crippen molar-refractivity contribution in [3.05, 3.63) is 42.1 Å². The van der Waals surface area contributed by atoms with Crippen molar-refractivity contribution >= 4 is 11.5 Å². The lowest BCUT2D eigenvalue weighted by molar-refractivity contribution is 0.122. The van der Waals surface area contributed by atoms with E-state index in [0.29, 0.717) is 5.92 Å². The van der Waals surface area contributed by atoms with Gasteiger partial charge >= 0.3 is 0 Å². The monoisotopic (exact) mass is 337 g/mol. The number of aryl methyl sites for hydroxylation is 1. The molecule has 1 aliphatic rings. The first-order chi connectivity index (χ1) is 12.1. The molecule has 0 saturated carbocycles. The van der Waals surface area contributed by atoms with Gasteiger partial charge in [-0.2, -0.15) is 0 Å². The molecule has 6 nitrogen and oxygen atoms in total. The van der Waals surface area contributed by atoms with Crippen LogP contribution >= 0.6 is 0 Å². The first kappa shape index (κ1) is 16.0. The molecule has 0 unspecified atom stereocenters. The van der Waals surface area contributed by atoms with E-state index in [1.807, 2.05) is 25.5 Å². The Morgan fingerprint density at radius 3 is 2.60 bits per heavy atom. The second-order valence-electron chi connectivity index (χ2n) is 6.72. The minimum absolute atomic E-state index is 0.425. The number of aromatic nitrogens is 4. The molecule has 0 amide bonds. The fraction of sp³-hybridized carbons (Fsp3) is 0.421. The first-order valence-corrected chi connectivity index (χ1v) is 8.78. The number of fused-ring (bicyclic) bond motifs is 1. The Balaban J connectivity index is 1.81. The summed E-state index contributed by atoms with van der Waals surface area (Å²) in [5.41, 5.74) is 5.14.